The van der Waals surface area contributed by atoms with E-state index in [0.29, 0.717) is 11.1 Å². The molecule has 0 saturated heterocycles. The summed E-state index contributed by atoms with van der Waals surface area (Å²) in [4.78, 5) is 22.2. The number of aliphatic hydroxyl groups excluding tert-OH is 1. The molecule has 0 amide bonds. The van der Waals surface area contributed by atoms with Gasteiger partial charge in [-0.15, -0.1) is 0 Å². The molecule has 1 aromatic rings. The van der Waals surface area contributed by atoms with E-state index in [0.717, 1.165) is 0 Å². The summed E-state index contributed by atoms with van der Waals surface area (Å²) in [6, 6.07) is 6.26. The Bertz CT molecular complexity index is 349. The smallest absolute Gasteiger partial charge is 0.190 e. The topological polar surface area (TPSA) is 54.4 Å². The Labute approximate surface area is 82.4 Å². The fourth-order valence-electron chi connectivity index (χ4n) is 1.11. The van der Waals surface area contributed by atoms with Crippen LogP contribution in [-0.4, -0.2) is 22.8 Å². The van der Waals surface area contributed by atoms with E-state index in [1.54, 1.807) is 24.3 Å². The minimum absolute atomic E-state index is 0.0407. The van der Waals surface area contributed by atoms with Crippen molar-refractivity contribution in [2.75, 3.05) is 0 Å². The van der Waals surface area contributed by atoms with Crippen LogP contribution in [0.4, 0.5) is 0 Å². The molecule has 1 aromatic carbocycles. The van der Waals surface area contributed by atoms with Gasteiger partial charge in [0.05, 0.1) is 0 Å². The summed E-state index contributed by atoms with van der Waals surface area (Å²) < 4.78 is 0. The first kappa shape index (κ1) is 10.6. The third-order valence-electron chi connectivity index (χ3n) is 1.96. The molecule has 3 nitrogen and oxygen atoms in total. The Balaban J connectivity index is 2.94. The van der Waals surface area contributed by atoms with E-state index >= 15 is 0 Å². The lowest BCUT2D eigenvalue weighted by molar-refractivity contribution is 0.0779. The van der Waals surface area contributed by atoms with Gasteiger partial charge in [-0.1, -0.05) is 24.3 Å². The monoisotopic (exact) mass is 192 g/mol. The number of aliphatic hydroxyl groups is 1. The van der Waals surface area contributed by atoms with Crippen molar-refractivity contribution in [1.29, 1.82) is 0 Å². The highest BCUT2D eigenvalue weighted by atomic mass is 16.3. The van der Waals surface area contributed by atoms with E-state index in [9.17, 15) is 9.59 Å². The van der Waals surface area contributed by atoms with Gasteiger partial charge in [0, 0.05) is 11.1 Å². The van der Waals surface area contributed by atoms with Crippen LogP contribution in [0.2, 0.25) is 0 Å². The van der Waals surface area contributed by atoms with Crippen molar-refractivity contribution in [3.05, 3.63) is 35.4 Å². The first-order valence-corrected chi connectivity index (χ1v) is 4.35. The third kappa shape index (κ3) is 2.26. The maximum atomic E-state index is 11.3. The fourth-order valence-corrected chi connectivity index (χ4v) is 1.11. The minimum Gasteiger partial charge on any atom is -0.385 e. The van der Waals surface area contributed by atoms with Crippen LogP contribution in [0.5, 0.6) is 0 Å². The molecule has 0 aliphatic carbocycles. The highest BCUT2D eigenvalue weighted by Crippen LogP contribution is 2.07. The number of carbonyl (C=O) groups is 2. The van der Waals surface area contributed by atoms with Crippen molar-refractivity contribution in [3.63, 3.8) is 0 Å². The standard InChI is InChI=1S/C11H12O3/c1-7(12)9-3-5-10(6-4-9)11(14)8(2)13/h3-6,8,13H,1-2H3/t8-/m1/s1. The molecule has 0 aliphatic heterocycles. The van der Waals surface area contributed by atoms with Gasteiger partial charge >= 0.3 is 0 Å². The van der Waals surface area contributed by atoms with Crippen LogP contribution < -0.4 is 0 Å². The van der Waals surface area contributed by atoms with Crippen molar-refractivity contribution < 1.29 is 14.7 Å². The predicted octanol–water partition coefficient (Wildman–Crippen LogP) is 1.45. The number of benzene rings is 1. The lowest BCUT2D eigenvalue weighted by Gasteiger charge is -2.03. The molecule has 0 unspecified atom stereocenters. The maximum Gasteiger partial charge on any atom is 0.190 e. The summed E-state index contributed by atoms with van der Waals surface area (Å²) in [5.41, 5.74) is 0.983. The van der Waals surface area contributed by atoms with E-state index in [-0.39, 0.29) is 11.6 Å². The van der Waals surface area contributed by atoms with Gasteiger partial charge in [0.15, 0.2) is 11.6 Å². The normalized spacial score (nSPS) is 12.2. The van der Waals surface area contributed by atoms with Crippen LogP contribution in [0.1, 0.15) is 34.6 Å². The minimum atomic E-state index is -1.00. The Kier molecular flexibility index (Phi) is 3.14. The van der Waals surface area contributed by atoms with Crippen LogP contribution in [0.25, 0.3) is 0 Å². The quantitative estimate of drug-likeness (QED) is 0.737. The molecule has 0 radical (unpaired) electrons. The van der Waals surface area contributed by atoms with Gasteiger partial charge in [0.1, 0.15) is 6.10 Å². The number of hydrogen-bond donors (Lipinski definition) is 1. The largest absolute Gasteiger partial charge is 0.385 e. The summed E-state index contributed by atoms with van der Waals surface area (Å²) in [7, 11) is 0. The average Bonchev–Trinajstić information content (AvgIpc) is 2.16. The fraction of sp³-hybridized carbons (Fsp3) is 0.273. The molecule has 1 rings (SSSR count). The highest BCUT2D eigenvalue weighted by Gasteiger charge is 2.11. The summed E-state index contributed by atoms with van der Waals surface area (Å²) >= 11 is 0. The van der Waals surface area contributed by atoms with Crippen LogP contribution in [0, 0.1) is 0 Å². The molecule has 0 aliphatic rings. The van der Waals surface area contributed by atoms with Crippen molar-refractivity contribution >= 4 is 11.6 Å². The molecular formula is C11H12O3. The molecule has 1 N–H and O–H groups in total. The average molecular weight is 192 g/mol. The lowest BCUT2D eigenvalue weighted by atomic mass is 10.0. The van der Waals surface area contributed by atoms with Gasteiger partial charge in [-0.25, -0.2) is 0 Å². The van der Waals surface area contributed by atoms with E-state index in [1.807, 2.05) is 0 Å². The zero-order valence-corrected chi connectivity index (χ0v) is 8.15. The molecule has 0 saturated carbocycles. The Morgan fingerprint density at radius 2 is 1.57 bits per heavy atom. The number of Topliss-reactive ketones (excluding diaryl/α,β-unsaturated/α-hetero) is 2. The summed E-state index contributed by atoms with van der Waals surface area (Å²) in [5, 5.41) is 9.04. The molecule has 74 valence electrons. The first-order chi connectivity index (χ1) is 6.52. The second kappa shape index (κ2) is 4.15. The van der Waals surface area contributed by atoms with Gasteiger partial charge in [-0.2, -0.15) is 0 Å². The zero-order valence-electron chi connectivity index (χ0n) is 8.15. The van der Waals surface area contributed by atoms with E-state index in [2.05, 4.69) is 0 Å². The maximum absolute atomic E-state index is 11.3. The predicted molar refractivity (Wildman–Crippen MR) is 52.5 cm³/mol. The summed E-state index contributed by atoms with van der Waals surface area (Å²) in [6.45, 7) is 2.88. The van der Waals surface area contributed by atoms with Gasteiger partial charge in [0.25, 0.3) is 0 Å². The van der Waals surface area contributed by atoms with Crippen molar-refractivity contribution in [1.82, 2.24) is 0 Å². The van der Waals surface area contributed by atoms with E-state index in [1.165, 1.54) is 13.8 Å². The SMILES string of the molecule is CC(=O)c1ccc(C(=O)[C@@H](C)O)cc1. The second-order valence-corrected chi connectivity index (χ2v) is 3.17. The van der Waals surface area contributed by atoms with Crippen LogP contribution >= 0.6 is 0 Å². The van der Waals surface area contributed by atoms with E-state index in [4.69, 9.17) is 5.11 Å². The molecule has 0 fully saturated rings. The Morgan fingerprint density at radius 1 is 1.14 bits per heavy atom. The number of ketones is 2. The van der Waals surface area contributed by atoms with Crippen molar-refractivity contribution in [2.24, 2.45) is 0 Å². The number of rotatable bonds is 3. The summed E-state index contributed by atoms with van der Waals surface area (Å²) in [6.07, 6.45) is -1.00. The molecular weight excluding hydrogens is 180 g/mol. The van der Waals surface area contributed by atoms with Gasteiger partial charge in [-0.05, 0) is 13.8 Å². The van der Waals surface area contributed by atoms with Gasteiger partial charge in [-0.3, -0.25) is 9.59 Å². The van der Waals surface area contributed by atoms with E-state index < -0.39 is 6.10 Å². The van der Waals surface area contributed by atoms with Crippen molar-refractivity contribution in [2.45, 2.75) is 20.0 Å². The molecule has 3 heteroatoms. The highest BCUT2D eigenvalue weighted by molar-refractivity contribution is 6.00. The lowest BCUT2D eigenvalue weighted by Crippen LogP contribution is -2.15. The Hall–Kier alpha value is -1.48. The summed E-state index contributed by atoms with van der Waals surface area (Å²) in [5.74, 6) is -0.374. The van der Waals surface area contributed by atoms with Crippen LogP contribution in [0.3, 0.4) is 0 Å². The van der Waals surface area contributed by atoms with Gasteiger partial charge in [0.2, 0.25) is 0 Å². The molecule has 0 bridgehead atoms. The van der Waals surface area contributed by atoms with Gasteiger partial charge < -0.3 is 5.11 Å². The third-order valence-corrected chi connectivity index (χ3v) is 1.96. The Morgan fingerprint density at radius 3 is 1.93 bits per heavy atom. The molecule has 0 heterocycles. The zero-order chi connectivity index (χ0) is 10.7. The molecule has 0 spiro atoms. The molecule has 0 aromatic heterocycles. The second-order valence-electron chi connectivity index (χ2n) is 3.17. The molecule has 14 heavy (non-hydrogen) atoms. The van der Waals surface area contributed by atoms with Crippen molar-refractivity contribution in [3.8, 4) is 0 Å². The molecule has 1 atom stereocenters. The number of carbonyl (C=O) groups excluding carboxylic acids is 2. The van der Waals surface area contributed by atoms with Crippen LogP contribution in [0.15, 0.2) is 24.3 Å². The van der Waals surface area contributed by atoms with Crippen LogP contribution in [-0.2, 0) is 0 Å². The first-order valence-electron chi connectivity index (χ1n) is 4.35. The number of hydrogen-bond acceptors (Lipinski definition) is 3.